The second kappa shape index (κ2) is 5.08. The molecular formula is C10H15ClN2O. The average molecular weight is 215 g/mol. The summed E-state index contributed by atoms with van der Waals surface area (Å²) in [6.07, 6.45) is 0.378. The Morgan fingerprint density at radius 3 is 2.86 bits per heavy atom. The molecule has 4 N–H and O–H groups in total. The highest BCUT2D eigenvalue weighted by Crippen LogP contribution is 2.23. The number of nitrogens with two attached hydrogens (primary N) is 1. The highest BCUT2D eigenvalue weighted by Gasteiger charge is 2.03. The van der Waals surface area contributed by atoms with Gasteiger partial charge < -0.3 is 16.2 Å². The second-order valence-corrected chi connectivity index (χ2v) is 3.59. The van der Waals surface area contributed by atoms with E-state index in [0.717, 1.165) is 12.1 Å². The van der Waals surface area contributed by atoms with E-state index in [1.54, 1.807) is 18.2 Å². The van der Waals surface area contributed by atoms with Gasteiger partial charge >= 0.3 is 0 Å². The molecule has 0 amide bonds. The maximum absolute atomic E-state index is 9.33. The van der Waals surface area contributed by atoms with E-state index in [1.165, 1.54) is 0 Å². The number of nitrogen functional groups attached to an aromatic ring is 1. The van der Waals surface area contributed by atoms with Crippen molar-refractivity contribution in [1.29, 1.82) is 0 Å². The lowest BCUT2D eigenvalue weighted by Gasteiger charge is -2.12. The third kappa shape index (κ3) is 3.09. The SMILES string of the molecule is CCC(O)CNc1ccc(N)cc1Cl. The fraction of sp³-hybridized carbons (Fsp3) is 0.400. The minimum atomic E-state index is -0.344. The Balaban J connectivity index is 2.59. The summed E-state index contributed by atoms with van der Waals surface area (Å²) in [6.45, 7) is 2.43. The summed E-state index contributed by atoms with van der Waals surface area (Å²) in [7, 11) is 0. The fourth-order valence-electron chi connectivity index (χ4n) is 1.05. The minimum absolute atomic E-state index is 0.344. The van der Waals surface area contributed by atoms with Crippen LogP contribution in [0.4, 0.5) is 11.4 Å². The smallest absolute Gasteiger partial charge is 0.0709 e. The number of rotatable bonds is 4. The highest BCUT2D eigenvalue weighted by atomic mass is 35.5. The summed E-state index contributed by atoms with van der Waals surface area (Å²) >= 11 is 5.93. The normalized spacial score (nSPS) is 12.5. The molecule has 0 radical (unpaired) electrons. The molecule has 0 fully saturated rings. The Kier molecular flexibility index (Phi) is 4.04. The van der Waals surface area contributed by atoms with Crippen LogP contribution in [0.2, 0.25) is 5.02 Å². The van der Waals surface area contributed by atoms with Crippen LogP contribution in [-0.2, 0) is 0 Å². The average Bonchev–Trinajstić information content (AvgIpc) is 2.16. The van der Waals surface area contributed by atoms with Crippen LogP contribution in [-0.4, -0.2) is 17.8 Å². The minimum Gasteiger partial charge on any atom is -0.399 e. The molecule has 3 nitrogen and oxygen atoms in total. The van der Waals surface area contributed by atoms with Gasteiger partial charge in [-0.1, -0.05) is 18.5 Å². The van der Waals surface area contributed by atoms with E-state index in [1.807, 2.05) is 6.92 Å². The van der Waals surface area contributed by atoms with Crippen LogP contribution in [0, 0.1) is 0 Å². The van der Waals surface area contributed by atoms with Gasteiger partial charge in [-0.2, -0.15) is 0 Å². The molecule has 0 saturated carbocycles. The zero-order chi connectivity index (χ0) is 10.6. The van der Waals surface area contributed by atoms with Gasteiger partial charge in [0.2, 0.25) is 0 Å². The van der Waals surface area contributed by atoms with Crippen LogP contribution in [0.3, 0.4) is 0 Å². The second-order valence-electron chi connectivity index (χ2n) is 3.18. The van der Waals surface area contributed by atoms with Crippen LogP contribution in [0.5, 0.6) is 0 Å². The molecule has 78 valence electrons. The molecule has 0 aliphatic rings. The summed E-state index contributed by atoms with van der Waals surface area (Å²) in [4.78, 5) is 0. The Morgan fingerprint density at radius 2 is 2.29 bits per heavy atom. The standard InChI is InChI=1S/C10H15ClN2O/c1-2-8(14)6-13-10-4-3-7(12)5-9(10)11/h3-5,8,13-14H,2,6,12H2,1H3. The van der Waals surface area contributed by atoms with Crippen LogP contribution in [0.15, 0.2) is 18.2 Å². The first kappa shape index (κ1) is 11.1. The zero-order valence-corrected chi connectivity index (χ0v) is 8.88. The molecule has 14 heavy (non-hydrogen) atoms. The van der Waals surface area contributed by atoms with Gasteiger partial charge in [0.1, 0.15) is 0 Å². The van der Waals surface area contributed by atoms with Crippen molar-refractivity contribution in [2.24, 2.45) is 0 Å². The number of nitrogens with one attached hydrogen (secondary N) is 1. The molecule has 0 spiro atoms. The molecule has 1 aromatic rings. The quantitative estimate of drug-likeness (QED) is 0.673. The van der Waals surface area contributed by atoms with E-state index >= 15 is 0 Å². The predicted octanol–water partition coefficient (Wildman–Crippen LogP) is 2.10. The number of hydrogen-bond acceptors (Lipinski definition) is 3. The maximum atomic E-state index is 9.33. The molecule has 1 rings (SSSR count). The summed E-state index contributed by atoms with van der Waals surface area (Å²) < 4.78 is 0. The first-order valence-electron chi connectivity index (χ1n) is 4.60. The van der Waals surface area contributed by atoms with Gasteiger partial charge in [0.05, 0.1) is 16.8 Å². The number of aliphatic hydroxyl groups excluding tert-OH is 1. The third-order valence-electron chi connectivity index (χ3n) is 1.99. The van der Waals surface area contributed by atoms with Crippen LogP contribution in [0.25, 0.3) is 0 Å². The number of anilines is 2. The third-order valence-corrected chi connectivity index (χ3v) is 2.31. The predicted molar refractivity (Wildman–Crippen MR) is 60.7 cm³/mol. The summed E-state index contributed by atoms with van der Waals surface area (Å²) in [5, 5.41) is 13.0. The van der Waals surface area contributed by atoms with Gasteiger partial charge in [0, 0.05) is 12.2 Å². The molecule has 1 aromatic carbocycles. The Hall–Kier alpha value is -0.930. The van der Waals surface area contributed by atoms with Gasteiger partial charge in [-0.15, -0.1) is 0 Å². The lowest BCUT2D eigenvalue weighted by atomic mass is 10.2. The van der Waals surface area contributed by atoms with Crippen molar-refractivity contribution in [3.05, 3.63) is 23.2 Å². The van der Waals surface area contributed by atoms with E-state index in [9.17, 15) is 5.11 Å². The Labute approximate surface area is 88.9 Å². The van der Waals surface area contributed by atoms with Crippen molar-refractivity contribution in [1.82, 2.24) is 0 Å². The van der Waals surface area contributed by atoms with E-state index < -0.39 is 0 Å². The van der Waals surface area contributed by atoms with Gasteiger partial charge in [-0.25, -0.2) is 0 Å². The van der Waals surface area contributed by atoms with E-state index in [0.29, 0.717) is 17.3 Å². The van der Waals surface area contributed by atoms with Crippen molar-refractivity contribution in [2.75, 3.05) is 17.6 Å². The molecule has 0 aliphatic heterocycles. The Bertz CT molecular complexity index is 304. The molecule has 1 unspecified atom stereocenters. The highest BCUT2D eigenvalue weighted by molar-refractivity contribution is 6.33. The lowest BCUT2D eigenvalue weighted by molar-refractivity contribution is 0.183. The summed E-state index contributed by atoms with van der Waals surface area (Å²) in [5.41, 5.74) is 6.98. The molecule has 1 atom stereocenters. The maximum Gasteiger partial charge on any atom is 0.0709 e. The van der Waals surface area contributed by atoms with Crippen molar-refractivity contribution in [2.45, 2.75) is 19.4 Å². The van der Waals surface area contributed by atoms with Gasteiger partial charge in [0.25, 0.3) is 0 Å². The van der Waals surface area contributed by atoms with Gasteiger partial charge in [0.15, 0.2) is 0 Å². The molecule has 4 heteroatoms. The van der Waals surface area contributed by atoms with Crippen molar-refractivity contribution in [3.8, 4) is 0 Å². The number of hydrogen-bond donors (Lipinski definition) is 3. The number of aliphatic hydroxyl groups is 1. The first-order valence-corrected chi connectivity index (χ1v) is 4.98. The van der Waals surface area contributed by atoms with Gasteiger partial charge in [-0.05, 0) is 24.6 Å². The molecular weight excluding hydrogens is 200 g/mol. The van der Waals surface area contributed by atoms with Crippen molar-refractivity contribution < 1.29 is 5.11 Å². The molecule has 0 aromatic heterocycles. The Morgan fingerprint density at radius 1 is 1.57 bits per heavy atom. The van der Waals surface area contributed by atoms with Crippen molar-refractivity contribution in [3.63, 3.8) is 0 Å². The van der Waals surface area contributed by atoms with Crippen molar-refractivity contribution >= 4 is 23.0 Å². The number of benzene rings is 1. The van der Waals surface area contributed by atoms with Gasteiger partial charge in [-0.3, -0.25) is 0 Å². The first-order chi connectivity index (χ1) is 6.63. The summed E-state index contributed by atoms with van der Waals surface area (Å²) in [5.74, 6) is 0. The van der Waals surface area contributed by atoms with E-state index in [2.05, 4.69) is 5.32 Å². The molecule has 0 aliphatic carbocycles. The monoisotopic (exact) mass is 214 g/mol. The molecule has 0 bridgehead atoms. The number of halogens is 1. The van der Waals surface area contributed by atoms with E-state index in [4.69, 9.17) is 17.3 Å². The fourth-order valence-corrected chi connectivity index (χ4v) is 1.30. The largest absolute Gasteiger partial charge is 0.399 e. The van der Waals surface area contributed by atoms with E-state index in [-0.39, 0.29) is 6.10 Å². The zero-order valence-electron chi connectivity index (χ0n) is 8.13. The van der Waals surface area contributed by atoms with Crippen LogP contribution in [0.1, 0.15) is 13.3 Å². The van der Waals surface area contributed by atoms with Crippen LogP contribution < -0.4 is 11.1 Å². The molecule has 0 heterocycles. The molecule has 0 saturated heterocycles. The summed E-state index contributed by atoms with van der Waals surface area (Å²) in [6, 6.07) is 5.26. The van der Waals surface area contributed by atoms with Crippen LogP contribution >= 0.6 is 11.6 Å². The topological polar surface area (TPSA) is 58.3 Å². The lowest BCUT2D eigenvalue weighted by Crippen LogP contribution is -2.18.